The standard InChI is InChI=1S/C12H17N3O2/c1-17-12(16)8-4-3-7-14-11(8)15-10-6-2-5-9(10)13/h3-4,7,9-10H,2,5-6,13H2,1H3,(H,14,15). The zero-order valence-electron chi connectivity index (χ0n) is 9.85. The van der Waals surface area contributed by atoms with Gasteiger partial charge in [0.15, 0.2) is 0 Å². The van der Waals surface area contributed by atoms with Gasteiger partial charge in [0.25, 0.3) is 0 Å². The van der Waals surface area contributed by atoms with E-state index in [2.05, 4.69) is 10.3 Å². The summed E-state index contributed by atoms with van der Waals surface area (Å²) in [5.41, 5.74) is 6.43. The zero-order valence-corrected chi connectivity index (χ0v) is 9.85. The van der Waals surface area contributed by atoms with Crippen LogP contribution in [0.4, 0.5) is 5.82 Å². The van der Waals surface area contributed by atoms with Crippen molar-refractivity contribution in [1.82, 2.24) is 4.98 Å². The molecule has 2 atom stereocenters. The second-order valence-electron chi connectivity index (χ2n) is 4.24. The summed E-state index contributed by atoms with van der Waals surface area (Å²) < 4.78 is 4.72. The molecule has 1 heterocycles. The van der Waals surface area contributed by atoms with Gasteiger partial charge in [-0.3, -0.25) is 0 Å². The lowest BCUT2D eigenvalue weighted by atomic mass is 10.1. The lowest BCUT2D eigenvalue weighted by molar-refractivity contribution is 0.0601. The van der Waals surface area contributed by atoms with E-state index in [0.29, 0.717) is 11.4 Å². The predicted molar refractivity (Wildman–Crippen MR) is 64.8 cm³/mol. The number of carbonyl (C=O) groups is 1. The average Bonchev–Trinajstić information content (AvgIpc) is 2.75. The van der Waals surface area contributed by atoms with E-state index >= 15 is 0 Å². The van der Waals surface area contributed by atoms with Crippen molar-refractivity contribution in [3.8, 4) is 0 Å². The van der Waals surface area contributed by atoms with E-state index in [0.717, 1.165) is 19.3 Å². The van der Waals surface area contributed by atoms with E-state index in [4.69, 9.17) is 10.5 Å². The van der Waals surface area contributed by atoms with Crippen molar-refractivity contribution in [2.24, 2.45) is 5.73 Å². The molecule has 2 rings (SSSR count). The van der Waals surface area contributed by atoms with Crippen molar-refractivity contribution in [1.29, 1.82) is 0 Å². The van der Waals surface area contributed by atoms with Crippen LogP contribution in [0.5, 0.6) is 0 Å². The molecule has 0 saturated heterocycles. The Kier molecular flexibility index (Phi) is 3.58. The number of nitrogens with one attached hydrogen (secondary N) is 1. The van der Waals surface area contributed by atoms with Crippen LogP contribution < -0.4 is 11.1 Å². The number of aromatic nitrogens is 1. The molecule has 1 saturated carbocycles. The smallest absolute Gasteiger partial charge is 0.341 e. The Hall–Kier alpha value is -1.62. The topological polar surface area (TPSA) is 77.2 Å². The molecule has 5 nitrogen and oxygen atoms in total. The first-order valence-corrected chi connectivity index (χ1v) is 5.78. The maximum absolute atomic E-state index is 11.6. The molecule has 17 heavy (non-hydrogen) atoms. The monoisotopic (exact) mass is 235 g/mol. The minimum Gasteiger partial charge on any atom is -0.465 e. The molecule has 0 bridgehead atoms. The summed E-state index contributed by atoms with van der Waals surface area (Å²) in [6, 6.07) is 3.73. The highest BCUT2D eigenvalue weighted by molar-refractivity contribution is 5.94. The number of pyridine rings is 1. The number of ether oxygens (including phenoxy) is 1. The Morgan fingerprint density at radius 1 is 1.59 bits per heavy atom. The second-order valence-corrected chi connectivity index (χ2v) is 4.24. The van der Waals surface area contributed by atoms with E-state index in [1.165, 1.54) is 7.11 Å². The number of nitrogens with zero attached hydrogens (tertiary/aromatic N) is 1. The lowest BCUT2D eigenvalue weighted by Gasteiger charge is -2.19. The Bertz CT molecular complexity index is 408. The quantitative estimate of drug-likeness (QED) is 0.769. The fourth-order valence-electron chi connectivity index (χ4n) is 2.14. The van der Waals surface area contributed by atoms with Crippen LogP contribution >= 0.6 is 0 Å². The Morgan fingerprint density at radius 2 is 2.41 bits per heavy atom. The fourth-order valence-corrected chi connectivity index (χ4v) is 2.14. The van der Waals surface area contributed by atoms with Gasteiger partial charge in [0, 0.05) is 18.3 Å². The van der Waals surface area contributed by atoms with Crippen LogP contribution in [-0.2, 0) is 4.74 Å². The van der Waals surface area contributed by atoms with E-state index < -0.39 is 0 Å². The van der Waals surface area contributed by atoms with Gasteiger partial charge in [-0.05, 0) is 31.4 Å². The normalized spacial score (nSPS) is 23.4. The zero-order chi connectivity index (χ0) is 12.3. The van der Waals surface area contributed by atoms with Gasteiger partial charge in [-0.25, -0.2) is 9.78 Å². The van der Waals surface area contributed by atoms with Crippen LogP contribution in [-0.4, -0.2) is 30.1 Å². The molecule has 0 amide bonds. The number of nitrogens with two attached hydrogens (primary N) is 1. The van der Waals surface area contributed by atoms with Gasteiger partial charge in [-0.2, -0.15) is 0 Å². The third-order valence-electron chi connectivity index (χ3n) is 3.10. The maximum atomic E-state index is 11.6. The van der Waals surface area contributed by atoms with Gasteiger partial charge in [0.2, 0.25) is 0 Å². The molecule has 1 aliphatic rings. The van der Waals surface area contributed by atoms with Gasteiger partial charge in [-0.15, -0.1) is 0 Å². The second kappa shape index (κ2) is 5.14. The summed E-state index contributed by atoms with van der Waals surface area (Å²) >= 11 is 0. The number of anilines is 1. The van der Waals surface area contributed by atoms with Crippen LogP contribution in [0.2, 0.25) is 0 Å². The molecule has 0 aromatic carbocycles. The SMILES string of the molecule is COC(=O)c1cccnc1NC1CCCC1N. The molecule has 0 radical (unpaired) electrons. The first-order chi connectivity index (χ1) is 8.22. The summed E-state index contributed by atoms with van der Waals surface area (Å²) in [6.45, 7) is 0. The van der Waals surface area contributed by atoms with Crippen molar-refractivity contribution in [2.75, 3.05) is 12.4 Å². The molecular weight excluding hydrogens is 218 g/mol. The van der Waals surface area contributed by atoms with E-state index in [1.807, 2.05) is 0 Å². The minimum atomic E-state index is -0.382. The highest BCUT2D eigenvalue weighted by atomic mass is 16.5. The average molecular weight is 235 g/mol. The highest BCUT2D eigenvalue weighted by Crippen LogP contribution is 2.22. The Morgan fingerprint density at radius 3 is 3.06 bits per heavy atom. The predicted octanol–water partition coefficient (Wildman–Crippen LogP) is 1.16. The molecule has 3 N–H and O–H groups in total. The molecule has 1 aliphatic carbocycles. The molecule has 1 fully saturated rings. The minimum absolute atomic E-state index is 0.127. The van der Waals surface area contributed by atoms with Crippen LogP contribution in [0.1, 0.15) is 29.6 Å². The van der Waals surface area contributed by atoms with Crippen molar-refractivity contribution in [3.05, 3.63) is 23.9 Å². The largest absolute Gasteiger partial charge is 0.465 e. The molecule has 0 spiro atoms. The van der Waals surface area contributed by atoms with Gasteiger partial charge in [0.05, 0.1) is 7.11 Å². The Labute approximate surface area is 100 Å². The van der Waals surface area contributed by atoms with Crippen molar-refractivity contribution in [3.63, 3.8) is 0 Å². The summed E-state index contributed by atoms with van der Waals surface area (Å²) in [7, 11) is 1.36. The fraction of sp³-hybridized carbons (Fsp3) is 0.500. The van der Waals surface area contributed by atoms with Crippen LogP contribution in [0.15, 0.2) is 18.3 Å². The number of esters is 1. The third-order valence-corrected chi connectivity index (χ3v) is 3.10. The number of hydrogen-bond donors (Lipinski definition) is 2. The first kappa shape index (κ1) is 11.9. The van der Waals surface area contributed by atoms with Crippen molar-refractivity contribution in [2.45, 2.75) is 31.3 Å². The number of carbonyl (C=O) groups excluding carboxylic acids is 1. The molecule has 92 valence electrons. The number of hydrogen-bond acceptors (Lipinski definition) is 5. The molecule has 1 aromatic rings. The van der Waals surface area contributed by atoms with Crippen molar-refractivity contribution >= 4 is 11.8 Å². The summed E-state index contributed by atoms with van der Waals surface area (Å²) in [4.78, 5) is 15.7. The molecule has 1 aromatic heterocycles. The molecule has 0 aliphatic heterocycles. The van der Waals surface area contributed by atoms with E-state index in [-0.39, 0.29) is 18.1 Å². The highest BCUT2D eigenvalue weighted by Gasteiger charge is 2.25. The first-order valence-electron chi connectivity index (χ1n) is 5.78. The van der Waals surface area contributed by atoms with Crippen LogP contribution in [0.3, 0.4) is 0 Å². The van der Waals surface area contributed by atoms with Gasteiger partial charge >= 0.3 is 5.97 Å². The summed E-state index contributed by atoms with van der Waals surface area (Å²) in [5, 5.41) is 3.24. The third kappa shape index (κ3) is 2.55. The number of rotatable bonds is 3. The van der Waals surface area contributed by atoms with Crippen LogP contribution in [0.25, 0.3) is 0 Å². The maximum Gasteiger partial charge on any atom is 0.341 e. The molecule has 5 heteroatoms. The molecule has 2 unspecified atom stereocenters. The van der Waals surface area contributed by atoms with Gasteiger partial charge in [-0.1, -0.05) is 0 Å². The number of methoxy groups -OCH3 is 1. The van der Waals surface area contributed by atoms with Crippen LogP contribution in [0, 0.1) is 0 Å². The summed E-state index contributed by atoms with van der Waals surface area (Å²) in [5.74, 6) is 0.175. The van der Waals surface area contributed by atoms with E-state index in [9.17, 15) is 4.79 Å². The van der Waals surface area contributed by atoms with Crippen molar-refractivity contribution < 1.29 is 9.53 Å². The lowest BCUT2D eigenvalue weighted by Crippen LogP contribution is -2.36. The Balaban J connectivity index is 2.17. The van der Waals surface area contributed by atoms with Gasteiger partial charge in [0.1, 0.15) is 11.4 Å². The molecular formula is C12H17N3O2. The van der Waals surface area contributed by atoms with E-state index in [1.54, 1.807) is 18.3 Å². The van der Waals surface area contributed by atoms with Gasteiger partial charge < -0.3 is 15.8 Å². The summed E-state index contributed by atoms with van der Waals surface area (Å²) in [6.07, 6.45) is 4.78.